The van der Waals surface area contributed by atoms with E-state index in [0.29, 0.717) is 6.42 Å². The molecule has 0 saturated carbocycles. The van der Waals surface area contributed by atoms with E-state index in [-0.39, 0.29) is 11.9 Å². The third-order valence-corrected chi connectivity index (χ3v) is 4.93. The topological polar surface area (TPSA) is 38.1 Å². The van der Waals surface area contributed by atoms with Crippen LogP contribution in [0.25, 0.3) is 0 Å². The number of nitrogens with zero attached hydrogens (tertiary/aromatic N) is 3. The maximum Gasteiger partial charge on any atom is 0.228 e. The molecule has 2 aromatic rings. The molecule has 21 heavy (non-hydrogen) atoms. The lowest BCUT2D eigenvalue weighted by atomic mass is 10.1. The first kappa shape index (κ1) is 14.3. The molecule has 3 rings (SSSR count). The van der Waals surface area contributed by atoms with Crippen molar-refractivity contribution < 1.29 is 4.79 Å². The lowest BCUT2D eigenvalue weighted by molar-refractivity contribution is -0.133. The zero-order valence-corrected chi connectivity index (χ0v) is 13.2. The first-order valence-corrected chi connectivity index (χ1v) is 8.43. The molecule has 1 fully saturated rings. The smallest absolute Gasteiger partial charge is 0.228 e. The van der Waals surface area contributed by atoms with Crippen LogP contribution in [0.2, 0.25) is 0 Å². The number of carbonyl (C=O) groups is 1. The summed E-state index contributed by atoms with van der Waals surface area (Å²) in [6.45, 7) is 0.853. The van der Waals surface area contributed by atoms with Crippen LogP contribution in [0.15, 0.2) is 29.8 Å². The van der Waals surface area contributed by atoms with Crippen LogP contribution in [0, 0.1) is 0 Å². The van der Waals surface area contributed by atoms with Crippen molar-refractivity contribution >= 4 is 17.2 Å². The molecule has 112 valence electrons. The fourth-order valence-corrected chi connectivity index (χ4v) is 3.68. The van der Waals surface area contributed by atoms with Crippen LogP contribution in [0.3, 0.4) is 0 Å². The predicted molar refractivity (Wildman–Crippen MR) is 84.2 cm³/mol. The van der Waals surface area contributed by atoms with E-state index in [4.69, 9.17) is 0 Å². The molecule has 2 aromatic heterocycles. The summed E-state index contributed by atoms with van der Waals surface area (Å²) in [6, 6.07) is 6.23. The second-order valence-corrected chi connectivity index (χ2v) is 6.65. The van der Waals surface area contributed by atoms with E-state index in [2.05, 4.69) is 10.00 Å². The third-order valence-electron chi connectivity index (χ3n) is 4.05. The van der Waals surface area contributed by atoms with Crippen LogP contribution < -0.4 is 0 Å². The molecule has 1 amide bonds. The van der Waals surface area contributed by atoms with Gasteiger partial charge in [0, 0.05) is 24.7 Å². The molecule has 5 heteroatoms. The Morgan fingerprint density at radius 3 is 3.00 bits per heavy atom. The van der Waals surface area contributed by atoms with Gasteiger partial charge in [0.1, 0.15) is 0 Å². The number of hydrogen-bond acceptors (Lipinski definition) is 3. The number of aryl methyl sites for hydroxylation is 1. The number of thiophene rings is 1. The minimum atomic E-state index is 0.140. The van der Waals surface area contributed by atoms with Gasteiger partial charge in [-0.15, -0.1) is 11.3 Å². The van der Waals surface area contributed by atoms with Crippen molar-refractivity contribution in [2.24, 2.45) is 7.05 Å². The Hall–Kier alpha value is -1.62. The van der Waals surface area contributed by atoms with Gasteiger partial charge < -0.3 is 4.90 Å². The number of hydrogen-bond donors (Lipinski definition) is 0. The van der Waals surface area contributed by atoms with E-state index in [1.54, 1.807) is 11.3 Å². The van der Waals surface area contributed by atoms with E-state index >= 15 is 0 Å². The van der Waals surface area contributed by atoms with Crippen LogP contribution in [0.4, 0.5) is 0 Å². The lowest BCUT2D eigenvalue weighted by Crippen LogP contribution is -2.36. The van der Waals surface area contributed by atoms with Gasteiger partial charge >= 0.3 is 0 Å². The molecule has 0 aliphatic carbocycles. The largest absolute Gasteiger partial charge is 0.334 e. The molecular formula is C16H21N3OS. The zero-order valence-electron chi connectivity index (χ0n) is 12.4. The second kappa shape index (κ2) is 6.43. The van der Waals surface area contributed by atoms with Gasteiger partial charge in [0.15, 0.2) is 0 Å². The maximum atomic E-state index is 12.7. The normalized spacial score (nSPS) is 19.5. The summed E-state index contributed by atoms with van der Waals surface area (Å²) in [5, 5.41) is 6.56. The summed E-state index contributed by atoms with van der Waals surface area (Å²) < 4.78 is 1.82. The summed E-state index contributed by atoms with van der Waals surface area (Å²) in [6.07, 6.45) is 6.96. The van der Waals surface area contributed by atoms with Crippen molar-refractivity contribution in [2.75, 3.05) is 6.54 Å². The van der Waals surface area contributed by atoms with E-state index in [9.17, 15) is 4.79 Å². The minimum Gasteiger partial charge on any atom is -0.334 e. The molecule has 1 atom stereocenters. The average Bonchev–Trinajstić information content (AvgIpc) is 3.05. The van der Waals surface area contributed by atoms with Crippen molar-refractivity contribution in [3.05, 3.63) is 40.3 Å². The Kier molecular flexibility index (Phi) is 4.39. The SMILES string of the molecule is Cn1ccc([C@H]2CCCCCN2C(=O)Cc2cccs2)n1. The van der Waals surface area contributed by atoms with E-state index in [0.717, 1.165) is 30.0 Å². The highest BCUT2D eigenvalue weighted by Crippen LogP contribution is 2.29. The molecule has 1 aliphatic heterocycles. The van der Waals surface area contributed by atoms with Crippen LogP contribution in [0.1, 0.15) is 42.3 Å². The van der Waals surface area contributed by atoms with Crippen molar-refractivity contribution in [1.82, 2.24) is 14.7 Å². The van der Waals surface area contributed by atoms with Crippen LogP contribution in [0.5, 0.6) is 0 Å². The molecule has 0 bridgehead atoms. The Balaban J connectivity index is 1.79. The van der Waals surface area contributed by atoms with Gasteiger partial charge in [0.2, 0.25) is 5.91 Å². The summed E-state index contributed by atoms with van der Waals surface area (Å²) in [5.41, 5.74) is 1.03. The van der Waals surface area contributed by atoms with Gasteiger partial charge in [-0.3, -0.25) is 9.48 Å². The Morgan fingerprint density at radius 2 is 2.29 bits per heavy atom. The van der Waals surface area contributed by atoms with Gasteiger partial charge in [0.25, 0.3) is 0 Å². The minimum absolute atomic E-state index is 0.140. The second-order valence-electron chi connectivity index (χ2n) is 5.62. The molecule has 0 spiro atoms. The quantitative estimate of drug-likeness (QED) is 0.873. The molecule has 3 heterocycles. The summed E-state index contributed by atoms with van der Waals surface area (Å²) in [4.78, 5) is 15.9. The average molecular weight is 303 g/mol. The summed E-state index contributed by atoms with van der Waals surface area (Å²) in [7, 11) is 1.93. The van der Waals surface area contributed by atoms with E-state index in [1.165, 1.54) is 12.8 Å². The molecule has 0 aromatic carbocycles. The van der Waals surface area contributed by atoms with E-state index < -0.39 is 0 Å². The number of amides is 1. The van der Waals surface area contributed by atoms with Crippen LogP contribution in [-0.2, 0) is 18.3 Å². The number of rotatable bonds is 3. The molecule has 0 N–H and O–H groups in total. The van der Waals surface area contributed by atoms with Gasteiger partial charge in [-0.1, -0.05) is 18.9 Å². The van der Waals surface area contributed by atoms with Crippen molar-refractivity contribution in [2.45, 2.75) is 38.1 Å². The molecule has 0 radical (unpaired) electrons. The summed E-state index contributed by atoms with van der Waals surface area (Å²) >= 11 is 1.65. The molecule has 1 saturated heterocycles. The van der Waals surface area contributed by atoms with Crippen molar-refractivity contribution in [3.8, 4) is 0 Å². The highest BCUT2D eigenvalue weighted by Gasteiger charge is 2.28. The highest BCUT2D eigenvalue weighted by atomic mass is 32.1. The standard InChI is InChI=1S/C16H21N3OS/c1-18-10-8-14(17-18)15-7-3-2-4-9-19(15)16(20)12-13-6-5-11-21-13/h5-6,8,10-11,15H,2-4,7,9,12H2,1H3/t15-/m1/s1. The fourth-order valence-electron chi connectivity index (χ4n) is 2.99. The first-order chi connectivity index (χ1) is 10.2. The molecule has 4 nitrogen and oxygen atoms in total. The zero-order chi connectivity index (χ0) is 14.7. The van der Waals surface area contributed by atoms with Crippen LogP contribution >= 0.6 is 11.3 Å². The van der Waals surface area contributed by atoms with Gasteiger partial charge in [0.05, 0.1) is 18.2 Å². The Bertz CT molecular complexity index is 590. The third kappa shape index (κ3) is 3.35. The Morgan fingerprint density at radius 1 is 1.38 bits per heavy atom. The number of aromatic nitrogens is 2. The first-order valence-electron chi connectivity index (χ1n) is 7.55. The highest BCUT2D eigenvalue weighted by molar-refractivity contribution is 7.10. The Labute approximate surface area is 129 Å². The molecular weight excluding hydrogens is 282 g/mol. The van der Waals surface area contributed by atoms with Gasteiger partial charge in [-0.05, 0) is 30.4 Å². The lowest BCUT2D eigenvalue weighted by Gasteiger charge is -2.29. The monoisotopic (exact) mass is 303 g/mol. The van der Waals surface area contributed by atoms with Gasteiger partial charge in [-0.25, -0.2) is 0 Å². The van der Waals surface area contributed by atoms with Gasteiger partial charge in [-0.2, -0.15) is 5.10 Å². The number of carbonyl (C=O) groups excluding carboxylic acids is 1. The summed E-state index contributed by atoms with van der Waals surface area (Å²) in [5.74, 6) is 0.231. The maximum absolute atomic E-state index is 12.7. The predicted octanol–water partition coefficient (Wildman–Crippen LogP) is 3.17. The van der Waals surface area contributed by atoms with Crippen molar-refractivity contribution in [1.29, 1.82) is 0 Å². The van der Waals surface area contributed by atoms with Crippen LogP contribution in [-0.4, -0.2) is 27.1 Å². The van der Waals surface area contributed by atoms with E-state index in [1.807, 2.05) is 41.5 Å². The van der Waals surface area contributed by atoms with Crippen molar-refractivity contribution in [3.63, 3.8) is 0 Å². The molecule has 0 unspecified atom stereocenters. The fraction of sp³-hybridized carbons (Fsp3) is 0.500. The number of likely N-dealkylation sites (tertiary alicyclic amines) is 1. The molecule has 1 aliphatic rings.